The first-order chi connectivity index (χ1) is 11.1. The molecule has 0 aromatic heterocycles. The molecule has 0 aliphatic heterocycles. The van der Waals surface area contributed by atoms with E-state index in [9.17, 15) is 8.42 Å². The smallest absolute Gasteiger partial charge is 0.144 e. The van der Waals surface area contributed by atoms with Crippen LogP contribution in [0.15, 0.2) is 66.7 Å². The van der Waals surface area contributed by atoms with Crippen LogP contribution in [0.1, 0.15) is 5.56 Å². The Hall–Kier alpha value is -2.10. The lowest BCUT2D eigenvalue weighted by Crippen LogP contribution is -1.88. The molecule has 23 heavy (non-hydrogen) atoms. The van der Waals surface area contributed by atoms with Crippen molar-refractivity contribution in [2.24, 2.45) is 0 Å². The van der Waals surface area contributed by atoms with Gasteiger partial charge in [-0.1, -0.05) is 60.1 Å². The minimum Gasteiger partial charge on any atom is -0.232 e. The van der Waals surface area contributed by atoms with E-state index in [1.54, 1.807) is 0 Å². The van der Waals surface area contributed by atoms with Gasteiger partial charge in [0.25, 0.3) is 0 Å². The van der Waals surface area contributed by atoms with Gasteiger partial charge in [0.05, 0.1) is 5.75 Å². The molecule has 0 spiro atoms. The summed E-state index contributed by atoms with van der Waals surface area (Å²) in [5.74, 6) is 0.0716. The van der Waals surface area contributed by atoms with Crippen molar-refractivity contribution < 1.29 is 8.42 Å². The molecule has 115 valence electrons. The van der Waals surface area contributed by atoms with Crippen LogP contribution >= 0.6 is 11.6 Å². The van der Waals surface area contributed by atoms with Crippen LogP contribution in [-0.4, -0.2) is 8.42 Å². The monoisotopic (exact) mass is 341 g/mol. The Morgan fingerprint density at radius 1 is 0.826 bits per heavy atom. The van der Waals surface area contributed by atoms with E-state index in [4.69, 9.17) is 11.6 Å². The summed E-state index contributed by atoms with van der Waals surface area (Å²) in [5.41, 5.74) is 5.03. The van der Waals surface area contributed by atoms with Crippen molar-refractivity contribution in [3.63, 3.8) is 0 Å². The van der Waals surface area contributed by atoms with Gasteiger partial charge in [-0.25, -0.2) is 8.42 Å². The van der Waals surface area contributed by atoms with E-state index in [1.165, 1.54) is 0 Å². The molecule has 0 N–H and O–H groups in total. The summed E-state index contributed by atoms with van der Waals surface area (Å²) in [6.45, 7) is 0. The van der Waals surface area contributed by atoms with Gasteiger partial charge in [-0.15, -0.1) is 0 Å². The third kappa shape index (κ3) is 3.81. The maximum Gasteiger partial charge on any atom is 0.144 e. The van der Waals surface area contributed by atoms with Gasteiger partial charge >= 0.3 is 0 Å². The first-order valence-electron chi connectivity index (χ1n) is 7.10. The Labute approximate surface area is 142 Å². The van der Waals surface area contributed by atoms with Gasteiger partial charge in [0, 0.05) is 5.02 Å². The molecule has 0 heterocycles. The third-order valence-corrected chi connectivity index (χ3v) is 4.47. The van der Waals surface area contributed by atoms with Crippen LogP contribution in [0.3, 0.4) is 0 Å². The highest BCUT2D eigenvalue weighted by molar-refractivity contribution is 7.71. The molecule has 3 rings (SSSR count). The molecule has 3 aromatic carbocycles. The van der Waals surface area contributed by atoms with E-state index in [1.807, 2.05) is 66.7 Å². The summed E-state index contributed by atoms with van der Waals surface area (Å²) in [7, 11) is -2.40. The number of halogens is 1. The molecule has 4 heteroatoms. The van der Waals surface area contributed by atoms with Crippen LogP contribution in [-0.2, 0) is 16.5 Å². The van der Waals surface area contributed by atoms with Gasteiger partial charge < -0.3 is 0 Å². The molecule has 0 saturated heterocycles. The average Bonchev–Trinajstić information content (AvgIpc) is 2.56. The zero-order chi connectivity index (χ0) is 16.2. The standard InChI is InChI=1S/C19H14ClO2S/c20-17-11-9-16(10-12-17)19-4-2-1-3-18(19)15-7-5-14(6-8-15)13-23(21)22/h1,3-12,23H,13H2. The highest BCUT2D eigenvalue weighted by Gasteiger charge is 2.07. The summed E-state index contributed by atoms with van der Waals surface area (Å²) in [6.07, 6.45) is 0. The molecule has 0 bridgehead atoms. The number of hydrogen-bond donors (Lipinski definition) is 1. The molecular weight excluding hydrogens is 328 g/mol. The van der Waals surface area contributed by atoms with E-state index < -0.39 is 10.7 Å². The van der Waals surface area contributed by atoms with Crippen molar-refractivity contribution >= 4 is 22.3 Å². The largest absolute Gasteiger partial charge is 0.232 e. The molecule has 2 nitrogen and oxygen atoms in total. The van der Waals surface area contributed by atoms with Gasteiger partial charge in [-0.05, 0) is 52.1 Å². The molecule has 0 saturated carbocycles. The van der Waals surface area contributed by atoms with Crippen LogP contribution in [0, 0.1) is 6.07 Å². The van der Waals surface area contributed by atoms with Gasteiger partial charge in [0.15, 0.2) is 0 Å². The highest BCUT2D eigenvalue weighted by Crippen LogP contribution is 2.32. The Balaban J connectivity index is 2.01. The Kier molecular flexibility index (Phi) is 4.79. The Morgan fingerprint density at radius 2 is 1.43 bits per heavy atom. The van der Waals surface area contributed by atoms with E-state index in [2.05, 4.69) is 6.07 Å². The van der Waals surface area contributed by atoms with Crippen molar-refractivity contribution in [3.8, 4) is 22.3 Å². The molecule has 1 radical (unpaired) electrons. The molecule has 0 unspecified atom stereocenters. The van der Waals surface area contributed by atoms with E-state index in [0.29, 0.717) is 5.02 Å². The third-order valence-electron chi connectivity index (χ3n) is 3.60. The fourth-order valence-electron chi connectivity index (χ4n) is 2.49. The zero-order valence-electron chi connectivity index (χ0n) is 12.2. The SMILES string of the molecule is O=[SH](=O)Cc1ccc(-c2cc[c]cc2-c2ccc(Cl)cc2)cc1. The summed E-state index contributed by atoms with van der Waals surface area (Å²) in [4.78, 5) is 0. The molecule has 0 fully saturated rings. The quantitative estimate of drug-likeness (QED) is 0.704. The summed E-state index contributed by atoms with van der Waals surface area (Å²) < 4.78 is 21.6. The van der Waals surface area contributed by atoms with Crippen LogP contribution in [0.4, 0.5) is 0 Å². The fraction of sp³-hybridized carbons (Fsp3) is 0.0526. The summed E-state index contributed by atoms with van der Waals surface area (Å²) >= 11 is 5.96. The number of thiol groups is 1. The van der Waals surface area contributed by atoms with Crippen molar-refractivity contribution in [2.45, 2.75) is 5.75 Å². The second-order valence-electron chi connectivity index (χ2n) is 5.17. The fourth-order valence-corrected chi connectivity index (χ4v) is 3.12. The predicted molar refractivity (Wildman–Crippen MR) is 95.2 cm³/mol. The highest BCUT2D eigenvalue weighted by atomic mass is 35.5. The van der Waals surface area contributed by atoms with Gasteiger partial charge in [0.1, 0.15) is 10.7 Å². The van der Waals surface area contributed by atoms with Crippen LogP contribution < -0.4 is 0 Å². The van der Waals surface area contributed by atoms with Gasteiger partial charge in [0.2, 0.25) is 0 Å². The molecule has 0 amide bonds. The minimum atomic E-state index is -2.40. The topological polar surface area (TPSA) is 34.1 Å². The van der Waals surface area contributed by atoms with Gasteiger partial charge in [-0.2, -0.15) is 0 Å². The zero-order valence-corrected chi connectivity index (χ0v) is 13.8. The second-order valence-corrected chi connectivity index (χ2v) is 6.58. The van der Waals surface area contributed by atoms with E-state index >= 15 is 0 Å². The van der Waals surface area contributed by atoms with Crippen molar-refractivity contribution in [1.82, 2.24) is 0 Å². The van der Waals surface area contributed by atoms with Gasteiger partial charge in [-0.3, -0.25) is 0 Å². The number of hydrogen-bond acceptors (Lipinski definition) is 2. The normalized spacial score (nSPS) is 10.9. The first kappa shape index (κ1) is 15.8. The summed E-state index contributed by atoms with van der Waals surface area (Å²) in [5, 5.41) is 0.700. The lowest BCUT2D eigenvalue weighted by molar-refractivity contribution is 0.614. The number of rotatable bonds is 4. The first-order valence-corrected chi connectivity index (χ1v) is 8.85. The maximum absolute atomic E-state index is 10.8. The Morgan fingerprint density at radius 3 is 2.09 bits per heavy atom. The predicted octanol–water partition coefficient (Wildman–Crippen LogP) is 4.59. The van der Waals surface area contributed by atoms with Crippen molar-refractivity contribution in [2.75, 3.05) is 0 Å². The van der Waals surface area contributed by atoms with Crippen molar-refractivity contribution in [1.29, 1.82) is 0 Å². The lowest BCUT2D eigenvalue weighted by atomic mass is 9.94. The van der Waals surface area contributed by atoms with Crippen LogP contribution in [0.2, 0.25) is 5.02 Å². The van der Waals surface area contributed by atoms with E-state index in [0.717, 1.165) is 27.8 Å². The molecule has 3 aromatic rings. The minimum absolute atomic E-state index is 0.0716. The number of benzene rings is 3. The van der Waals surface area contributed by atoms with Crippen LogP contribution in [0.25, 0.3) is 22.3 Å². The second kappa shape index (κ2) is 6.99. The van der Waals surface area contributed by atoms with E-state index in [-0.39, 0.29) is 5.75 Å². The molecular formula is C19H14ClO2S. The lowest BCUT2D eigenvalue weighted by Gasteiger charge is -2.10. The van der Waals surface area contributed by atoms with Crippen molar-refractivity contribution in [3.05, 3.63) is 83.4 Å². The molecule has 0 aliphatic carbocycles. The average molecular weight is 342 g/mol. The Bertz CT molecular complexity index is 874. The van der Waals surface area contributed by atoms with Crippen LogP contribution in [0.5, 0.6) is 0 Å². The maximum atomic E-state index is 10.8. The molecule has 0 aliphatic rings. The summed E-state index contributed by atoms with van der Waals surface area (Å²) in [6, 6.07) is 24.2. The molecule has 0 atom stereocenters.